The lowest BCUT2D eigenvalue weighted by Crippen LogP contribution is -2.28. The van der Waals surface area contributed by atoms with E-state index < -0.39 is 5.60 Å². The fourth-order valence-corrected chi connectivity index (χ4v) is 2.22. The summed E-state index contributed by atoms with van der Waals surface area (Å²) in [5, 5.41) is 4.36. The van der Waals surface area contributed by atoms with Gasteiger partial charge in [0.2, 0.25) is 0 Å². The zero-order chi connectivity index (χ0) is 13.8. The highest BCUT2D eigenvalue weighted by Gasteiger charge is 2.15. The van der Waals surface area contributed by atoms with Crippen LogP contribution in [0.25, 0.3) is 0 Å². The molecule has 1 aromatic rings. The highest BCUT2D eigenvalue weighted by molar-refractivity contribution is 9.08. The van der Waals surface area contributed by atoms with E-state index in [9.17, 15) is 4.79 Å². The van der Waals surface area contributed by atoms with Crippen molar-refractivity contribution in [1.29, 1.82) is 0 Å². The number of carbonyl (C=O) groups is 1. The topological polar surface area (TPSA) is 38.3 Å². The average Bonchev–Trinajstić information content (AvgIpc) is 2.24. The molecule has 0 aliphatic heterocycles. The number of rotatable bonds is 4. The Morgan fingerprint density at radius 3 is 2.61 bits per heavy atom. The molecule has 0 atom stereocenters. The zero-order valence-corrected chi connectivity index (χ0v) is 13.1. The van der Waals surface area contributed by atoms with Crippen LogP contribution in [0.3, 0.4) is 0 Å². The molecule has 0 aromatic heterocycles. The number of hydrogen-bond acceptors (Lipinski definition) is 3. The molecule has 0 bridgehead atoms. The van der Waals surface area contributed by atoms with Gasteiger partial charge in [-0.15, -0.1) is 0 Å². The van der Waals surface area contributed by atoms with Crippen molar-refractivity contribution in [2.75, 3.05) is 11.9 Å². The molecule has 1 rings (SSSR count). The molecule has 3 nitrogen and oxygen atoms in total. The van der Waals surface area contributed by atoms with E-state index in [0.29, 0.717) is 10.4 Å². The summed E-state index contributed by atoms with van der Waals surface area (Å²) in [4.78, 5) is 11.5. The summed E-state index contributed by atoms with van der Waals surface area (Å²) in [5.74, 6) is -0.289. The van der Waals surface area contributed by atoms with Gasteiger partial charge >= 0.3 is 5.97 Å². The first-order chi connectivity index (χ1) is 8.31. The van der Waals surface area contributed by atoms with Crippen LogP contribution in [0, 0.1) is 0 Å². The molecular weight excluding hydrogens is 318 g/mol. The summed E-state index contributed by atoms with van der Waals surface area (Å²) in [6.45, 7) is 5.65. The van der Waals surface area contributed by atoms with Gasteiger partial charge in [0, 0.05) is 16.0 Å². The predicted octanol–water partition coefficient (Wildman–Crippen LogP) is 3.99. The number of anilines is 1. The Morgan fingerprint density at radius 2 is 2.11 bits per heavy atom. The van der Waals surface area contributed by atoms with Gasteiger partial charge in [-0.1, -0.05) is 33.6 Å². The molecule has 0 aliphatic rings. The Balaban J connectivity index is 2.54. The Hall–Kier alpha value is -0.740. The van der Waals surface area contributed by atoms with Crippen LogP contribution < -0.4 is 5.32 Å². The summed E-state index contributed by atoms with van der Waals surface area (Å²) < 4.78 is 5.19. The second kappa shape index (κ2) is 6.43. The van der Waals surface area contributed by atoms with Crippen LogP contribution in [0.4, 0.5) is 5.69 Å². The van der Waals surface area contributed by atoms with Crippen molar-refractivity contribution in [2.45, 2.75) is 31.7 Å². The normalized spacial score (nSPS) is 11.2. The van der Waals surface area contributed by atoms with Gasteiger partial charge in [-0.25, -0.2) is 0 Å². The highest BCUT2D eigenvalue weighted by atomic mass is 79.9. The lowest BCUT2D eigenvalue weighted by atomic mass is 10.2. The first-order valence-corrected chi connectivity index (χ1v) is 7.12. The molecule has 0 fully saturated rings. The van der Waals surface area contributed by atoms with Gasteiger partial charge in [0.1, 0.15) is 12.1 Å². The Kier molecular flexibility index (Phi) is 5.47. The second-order valence-electron chi connectivity index (χ2n) is 4.88. The SMILES string of the molecule is CC(C)(C)OC(=O)CNc1ccc(CBr)c(Cl)c1. The number of nitrogens with one attached hydrogen (secondary N) is 1. The second-order valence-corrected chi connectivity index (χ2v) is 5.85. The molecule has 0 aliphatic carbocycles. The van der Waals surface area contributed by atoms with Gasteiger partial charge < -0.3 is 10.1 Å². The highest BCUT2D eigenvalue weighted by Crippen LogP contribution is 2.22. The summed E-state index contributed by atoms with van der Waals surface area (Å²) >= 11 is 9.41. The van der Waals surface area contributed by atoms with Crippen molar-refractivity contribution in [3.63, 3.8) is 0 Å². The van der Waals surface area contributed by atoms with Crippen molar-refractivity contribution >= 4 is 39.2 Å². The predicted molar refractivity (Wildman–Crippen MR) is 78.4 cm³/mol. The number of esters is 1. The van der Waals surface area contributed by atoms with Crippen LogP contribution >= 0.6 is 27.5 Å². The summed E-state index contributed by atoms with van der Waals surface area (Å²) in [6.07, 6.45) is 0. The maximum atomic E-state index is 11.5. The molecule has 18 heavy (non-hydrogen) atoms. The van der Waals surface area contributed by atoms with Crippen LogP contribution in [0.5, 0.6) is 0 Å². The van der Waals surface area contributed by atoms with Crippen LogP contribution in [0.2, 0.25) is 5.02 Å². The molecule has 0 spiro atoms. The Morgan fingerprint density at radius 1 is 1.44 bits per heavy atom. The van der Waals surface area contributed by atoms with Gasteiger partial charge in [-0.05, 0) is 38.5 Å². The number of ether oxygens (including phenoxy) is 1. The lowest BCUT2D eigenvalue weighted by Gasteiger charge is -2.19. The number of carbonyl (C=O) groups excluding carboxylic acids is 1. The monoisotopic (exact) mass is 333 g/mol. The van der Waals surface area contributed by atoms with E-state index >= 15 is 0 Å². The third kappa shape index (κ3) is 5.27. The first kappa shape index (κ1) is 15.3. The van der Waals surface area contributed by atoms with Crippen LogP contribution in [0.15, 0.2) is 18.2 Å². The van der Waals surface area contributed by atoms with E-state index in [1.807, 2.05) is 32.9 Å². The number of hydrogen-bond donors (Lipinski definition) is 1. The number of alkyl halides is 1. The smallest absolute Gasteiger partial charge is 0.325 e. The minimum atomic E-state index is -0.462. The van der Waals surface area contributed by atoms with E-state index in [2.05, 4.69) is 21.2 Å². The Labute approximate surface area is 121 Å². The van der Waals surface area contributed by atoms with Crippen LogP contribution in [-0.4, -0.2) is 18.1 Å². The Bertz CT molecular complexity index is 429. The summed E-state index contributed by atoms with van der Waals surface area (Å²) in [7, 11) is 0. The molecule has 0 saturated heterocycles. The molecule has 1 aromatic carbocycles. The number of halogens is 2. The third-order valence-electron chi connectivity index (χ3n) is 2.05. The molecule has 0 unspecified atom stereocenters. The zero-order valence-electron chi connectivity index (χ0n) is 10.7. The minimum Gasteiger partial charge on any atom is -0.459 e. The molecule has 1 N–H and O–H groups in total. The third-order valence-corrected chi connectivity index (χ3v) is 3.01. The maximum Gasteiger partial charge on any atom is 0.325 e. The fraction of sp³-hybridized carbons (Fsp3) is 0.462. The van der Waals surface area contributed by atoms with Crippen molar-refractivity contribution < 1.29 is 9.53 Å². The summed E-state index contributed by atoms with van der Waals surface area (Å²) in [6, 6.07) is 5.59. The molecule has 5 heteroatoms. The van der Waals surface area contributed by atoms with Crippen molar-refractivity contribution in [1.82, 2.24) is 0 Å². The van der Waals surface area contributed by atoms with Gasteiger partial charge in [-0.3, -0.25) is 4.79 Å². The molecular formula is C13H17BrClNO2. The van der Waals surface area contributed by atoms with E-state index in [-0.39, 0.29) is 12.5 Å². The van der Waals surface area contributed by atoms with Crippen molar-refractivity contribution in [3.05, 3.63) is 28.8 Å². The van der Waals surface area contributed by atoms with Crippen LogP contribution in [-0.2, 0) is 14.9 Å². The van der Waals surface area contributed by atoms with E-state index in [1.54, 1.807) is 6.07 Å². The molecule has 0 amide bonds. The quantitative estimate of drug-likeness (QED) is 0.668. The first-order valence-electron chi connectivity index (χ1n) is 5.62. The van der Waals surface area contributed by atoms with E-state index in [1.165, 1.54) is 0 Å². The van der Waals surface area contributed by atoms with Crippen molar-refractivity contribution in [3.8, 4) is 0 Å². The number of benzene rings is 1. The van der Waals surface area contributed by atoms with E-state index in [4.69, 9.17) is 16.3 Å². The fourth-order valence-electron chi connectivity index (χ4n) is 1.32. The van der Waals surface area contributed by atoms with E-state index in [0.717, 1.165) is 11.3 Å². The molecule has 0 saturated carbocycles. The lowest BCUT2D eigenvalue weighted by molar-refractivity contribution is -0.152. The maximum absolute atomic E-state index is 11.5. The standard InChI is InChI=1S/C13H17BrClNO2/c1-13(2,3)18-12(17)8-16-10-5-4-9(7-14)11(15)6-10/h4-6,16H,7-8H2,1-3H3. The molecule has 0 heterocycles. The largest absolute Gasteiger partial charge is 0.459 e. The average molecular weight is 335 g/mol. The van der Waals surface area contributed by atoms with Gasteiger partial charge in [0.25, 0.3) is 0 Å². The van der Waals surface area contributed by atoms with Gasteiger partial charge in [-0.2, -0.15) is 0 Å². The van der Waals surface area contributed by atoms with Gasteiger partial charge in [0.05, 0.1) is 0 Å². The minimum absolute atomic E-state index is 0.126. The van der Waals surface area contributed by atoms with Gasteiger partial charge in [0.15, 0.2) is 0 Å². The molecule has 0 radical (unpaired) electrons. The van der Waals surface area contributed by atoms with Crippen molar-refractivity contribution in [2.24, 2.45) is 0 Å². The van der Waals surface area contributed by atoms with Crippen LogP contribution in [0.1, 0.15) is 26.3 Å². The molecule has 100 valence electrons. The summed E-state index contributed by atoms with van der Waals surface area (Å²) in [5.41, 5.74) is 1.35.